The molecule has 1 rings (SSSR count). The Morgan fingerprint density at radius 1 is 1.87 bits per heavy atom. The van der Waals surface area contributed by atoms with Crippen molar-refractivity contribution in [3.8, 4) is 12.3 Å². The predicted octanol–water partition coefficient (Wildman–Crippen LogP) is 1.17. The fourth-order valence-corrected chi connectivity index (χ4v) is 1.61. The number of carbonyl (C=O) groups is 1. The van der Waals surface area contributed by atoms with Crippen LogP contribution < -0.4 is 5.32 Å². The van der Waals surface area contributed by atoms with Gasteiger partial charge in [-0.15, -0.1) is 12.3 Å². The zero-order valence-corrected chi connectivity index (χ0v) is 10.8. The number of aryl methyl sites for hydroxylation is 1. The highest BCUT2D eigenvalue weighted by Gasteiger charge is 2.15. The van der Waals surface area contributed by atoms with Crippen molar-refractivity contribution in [3.63, 3.8) is 0 Å². The van der Waals surface area contributed by atoms with Gasteiger partial charge in [-0.25, -0.2) is 0 Å². The molecule has 1 unspecified atom stereocenters. The molecular weight excluding hydrogens is 305 g/mol. The molecule has 1 atom stereocenters. The van der Waals surface area contributed by atoms with Gasteiger partial charge in [0.05, 0.1) is 11.8 Å². The summed E-state index contributed by atoms with van der Waals surface area (Å²) in [4.78, 5) is 11.7. The van der Waals surface area contributed by atoms with Gasteiger partial charge in [-0.2, -0.15) is 5.10 Å². The lowest BCUT2D eigenvalue weighted by Gasteiger charge is -2.09. The highest BCUT2D eigenvalue weighted by atomic mass is 127. The van der Waals surface area contributed by atoms with Crippen molar-refractivity contribution in [2.24, 2.45) is 7.05 Å². The minimum Gasteiger partial charge on any atom is -0.348 e. The minimum absolute atomic E-state index is 0.0153. The van der Waals surface area contributed by atoms with E-state index in [0.29, 0.717) is 12.0 Å². The van der Waals surface area contributed by atoms with E-state index in [9.17, 15) is 4.79 Å². The van der Waals surface area contributed by atoms with Gasteiger partial charge in [-0.3, -0.25) is 9.48 Å². The largest absolute Gasteiger partial charge is 0.348 e. The van der Waals surface area contributed by atoms with Crippen LogP contribution in [0.1, 0.15) is 23.7 Å². The Morgan fingerprint density at radius 3 is 3.00 bits per heavy atom. The van der Waals surface area contributed by atoms with Crippen LogP contribution in [-0.4, -0.2) is 21.7 Å². The normalized spacial score (nSPS) is 11.9. The van der Waals surface area contributed by atoms with Gasteiger partial charge in [-0.1, -0.05) is 0 Å². The second-order valence-electron chi connectivity index (χ2n) is 3.26. The van der Waals surface area contributed by atoms with Crippen LogP contribution in [0.25, 0.3) is 0 Å². The Morgan fingerprint density at radius 2 is 2.53 bits per heavy atom. The number of carbonyl (C=O) groups excluding carboxylic acids is 1. The fraction of sp³-hybridized carbons (Fsp3) is 0.400. The molecule has 80 valence electrons. The van der Waals surface area contributed by atoms with E-state index in [2.05, 4.69) is 38.9 Å². The third kappa shape index (κ3) is 2.96. The van der Waals surface area contributed by atoms with E-state index in [1.807, 2.05) is 6.92 Å². The van der Waals surface area contributed by atoms with Crippen LogP contribution in [0.2, 0.25) is 0 Å². The summed E-state index contributed by atoms with van der Waals surface area (Å²) in [6.07, 6.45) is 7.24. The molecule has 5 heteroatoms. The van der Waals surface area contributed by atoms with E-state index in [-0.39, 0.29) is 11.9 Å². The number of hydrogen-bond acceptors (Lipinski definition) is 2. The molecule has 0 saturated heterocycles. The van der Waals surface area contributed by atoms with Crippen molar-refractivity contribution in [1.82, 2.24) is 15.1 Å². The maximum Gasteiger partial charge on any atom is 0.255 e. The summed E-state index contributed by atoms with van der Waals surface area (Å²) in [5.74, 6) is 2.38. The summed E-state index contributed by atoms with van der Waals surface area (Å²) >= 11 is 2.08. The lowest BCUT2D eigenvalue weighted by molar-refractivity contribution is 0.0940. The summed E-state index contributed by atoms with van der Waals surface area (Å²) in [5.41, 5.74) is 0.585. The van der Waals surface area contributed by atoms with Gasteiger partial charge in [0.25, 0.3) is 5.91 Å². The molecular formula is C10H12IN3O. The number of nitrogens with one attached hydrogen (secondary N) is 1. The van der Waals surface area contributed by atoms with Crippen LogP contribution in [0.5, 0.6) is 0 Å². The molecule has 0 radical (unpaired) electrons. The van der Waals surface area contributed by atoms with E-state index in [1.165, 1.54) is 0 Å². The van der Waals surface area contributed by atoms with Crippen molar-refractivity contribution >= 4 is 28.5 Å². The van der Waals surface area contributed by atoms with E-state index in [0.717, 1.165) is 3.70 Å². The maximum absolute atomic E-state index is 11.7. The second-order valence-corrected chi connectivity index (χ2v) is 4.28. The molecule has 0 aliphatic rings. The highest BCUT2D eigenvalue weighted by Crippen LogP contribution is 2.10. The molecule has 0 aliphatic heterocycles. The summed E-state index contributed by atoms with van der Waals surface area (Å²) in [6.45, 7) is 1.88. The van der Waals surface area contributed by atoms with E-state index < -0.39 is 0 Å². The lowest BCUT2D eigenvalue weighted by Crippen LogP contribution is -2.32. The van der Waals surface area contributed by atoms with Gasteiger partial charge in [-0.05, 0) is 29.5 Å². The molecule has 0 fully saturated rings. The van der Waals surface area contributed by atoms with Crippen molar-refractivity contribution in [2.75, 3.05) is 0 Å². The first-order chi connectivity index (χ1) is 7.06. The molecule has 0 saturated carbocycles. The number of amides is 1. The molecule has 0 aromatic carbocycles. The van der Waals surface area contributed by atoms with Gasteiger partial charge in [0.15, 0.2) is 0 Å². The quantitative estimate of drug-likeness (QED) is 0.672. The van der Waals surface area contributed by atoms with E-state index in [1.54, 1.807) is 17.9 Å². The number of nitrogens with zero attached hydrogens (tertiary/aromatic N) is 2. The third-order valence-corrected chi connectivity index (χ3v) is 3.19. The Bertz CT molecular complexity index is 405. The van der Waals surface area contributed by atoms with Crippen molar-refractivity contribution < 1.29 is 4.79 Å². The monoisotopic (exact) mass is 317 g/mol. The van der Waals surface area contributed by atoms with Crippen molar-refractivity contribution in [3.05, 3.63) is 15.5 Å². The summed E-state index contributed by atoms with van der Waals surface area (Å²) in [7, 11) is 1.80. The summed E-state index contributed by atoms with van der Waals surface area (Å²) in [6, 6.07) is -0.0153. The van der Waals surface area contributed by atoms with Gasteiger partial charge in [0, 0.05) is 19.5 Å². The van der Waals surface area contributed by atoms with Crippen molar-refractivity contribution in [1.29, 1.82) is 0 Å². The average molecular weight is 317 g/mol. The lowest BCUT2D eigenvalue weighted by atomic mass is 10.2. The molecule has 0 bridgehead atoms. The number of aromatic nitrogens is 2. The Kier molecular flexibility index (Phi) is 4.15. The molecule has 0 aliphatic carbocycles. The molecule has 15 heavy (non-hydrogen) atoms. The van der Waals surface area contributed by atoms with Crippen LogP contribution in [0.3, 0.4) is 0 Å². The fourth-order valence-electron chi connectivity index (χ4n) is 1.10. The Balaban J connectivity index is 2.70. The van der Waals surface area contributed by atoms with Crippen LogP contribution in [-0.2, 0) is 7.05 Å². The zero-order valence-electron chi connectivity index (χ0n) is 8.62. The van der Waals surface area contributed by atoms with Crippen LogP contribution in [0.15, 0.2) is 6.20 Å². The molecule has 0 spiro atoms. The van der Waals surface area contributed by atoms with Crippen molar-refractivity contribution in [2.45, 2.75) is 19.4 Å². The Hall–Kier alpha value is -1.03. The standard InChI is InChI=1S/C10H12IN3O/c1-4-5-7(2)13-10(15)8-6-12-14(3)9(8)11/h1,6-7H,5H2,2-3H3,(H,13,15). The maximum atomic E-state index is 11.7. The highest BCUT2D eigenvalue weighted by molar-refractivity contribution is 14.1. The third-order valence-electron chi connectivity index (χ3n) is 1.91. The van der Waals surface area contributed by atoms with Gasteiger partial charge in [0.2, 0.25) is 0 Å². The first kappa shape index (κ1) is 12.0. The predicted molar refractivity (Wildman–Crippen MR) is 66.3 cm³/mol. The van der Waals surface area contributed by atoms with Gasteiger partial charge < -0.3 is 5.32 Å². The first-order valence-electron chi connectivity index (χ1n) is 4.48. The van der Waals surface area contributed by atoms with E-state index in [4.69, 9.17) is 6.42 Å². The number of rotatable bonds is 3. The molecule has 1 aromatic rings. The van der Waals surface area contributed by atoms with Crippen LogP contribution >= 0.6 is 22.6 Å². The van der Waals surface area contributed by atoms with Crippen LogP contribution in [0.4, 0.5) is 0 Å². The topological polar surface area (TPSA) is 46.9 Å². The first-order valence-corrected chi connectivity index (χ1v) is 5.56. The number of terminal acetylenes is 1. The van der Waals surface area contributed by atoms with E-state index >= 15 is 0 Å². The smallest absolute Gasteiger partial charge is 0.255 e. The van der Waals surface area contributed by atoms with Gasteiger partial charge >= 0.3 is 0 Å². The Labute approximate surface area is 103 Å². The summed E-state index contributed by atoms with van der Waals surface area (Å²) in [5, 5.41) is 6.81. The summed E-state index contributed by atoms with van der Waals surface area (Å²) < 4.78 is 2.47. The molecule has 1 N–H and O–H groups in total. The minimum atomic E-state index is -0.129. The molecule has 1 aromatic heterocycles. The molecule has 1 heterocycles. The molecule has 4 nitrogen and oxygen atoms in total. The van der Waals surface area contributed by atoms with Crippen LogP contribution in [0, 0.1) is 16.0 Å². The van der Waals surface area contributed by atoms with Gasteiger partial charge in [0.1, 0.15) is 3.70 Å². The second kappa shape index (κ2) is 5.16. The zero-order chi connectivity index (χ0) is 11.4. The SMILES string of the molecule is C#CCC(C)NC(=O)c1cnn(C)c1I. The molecule has 1 amide bonds. The number of halogens is 1. The average Bonchev–Trinajstić information content (AvgIpc) is 2.48. The number of hydrogen-bond donors (Lipinski definition) is 1.